The molecule has 2 heterocycles. The minimum absolute atomic E-state index is 0.0144. The number of hydrogen-bond donors (Lipinski definition) is 1. The second-order valence-corrected chi connectivity index (χ2v) is 8.18. The van der Waals surface area contributed by atoms with Crippen molar-refractivity contribution in [2.24, 2.45) is 0 Å². The van der Waals surface area contributed by atoms with Crippen LogP contribution in [0, 0.1) is 0 Å². The van der Waals surface area contributed by atoms with Crippen molar-refractivity contribution in [2.75, 3.05) is 7.11 Å². The molecular weight excluding hydrogens is 360 g/mol. The molecule has 1 N–H and O–H groups in total. The third-order valence-corrected chi connectivity index (χ3v) is 6.22. The summed E-state index contributed by atoms with van der Waals surface area (Å²) in [6.07, 6.45) is 9.36. The first kappa shape index (κ1) is 19.7. The number of hydrogen-bond acceptors (Lipinski definition) is 3. The summed E-state index contributed by atoms with van der Waals surface area (Å²) >= 11 is 0. The van der Waals surface area contributed by atoms with E-state index in [0.717, 1.165) is 30.7 Å². The summed E-state index contributed by atoms with van der Waals surface area (Å²) < 4.78 is 5.27. The van der Waals surface area contributed by atoms with Gasteiger partial charge < -0.3 is 10.1 Å². The molecule has 0 radical (unpaired) electrons. The van der Waals surface area contributed by atoms with E-state index < -0.39 is 0 Å². The lowest BCUT2D eigenvalue weighted by atomic mass is 9.81. The van der Waals surface area contributed by atoms with E-state index in [4.69, 9.17) is 4.74 Å². The van der Waals surface area contributed by atoms with Gasteiger partial charge in [0.25, 0.3) is 0 Å². The standard InChI is InChI=1S/C25H30N2O2/c1-29-24-13-10-20(11-14-24)18-27-22-8-5-9-23(27)17-21(16-22)26-25(28)15-12-19-6-3-2-4-7-19/h2-4,6-7,10-15,21-23H,5,8-9,16-18H2,1H3,(H,26,28)/b15-12+/t21?,22-,23+. The zero-order chi connectivity index (χ0) is 20.1. The fraction of sp³-hybridized carbons (Fsp3) is 0.400. The van der Waals surface area contributed by atoms with Crippen LogP contribution in [0.4, 0.5) is 0 Å². The molecule has 0 saturated carbocycles. The molecule has 3 atom stereocenters. The van der Waals surface area contributed by atoms with E-state index in [2.05, 4.69) is 22.3 Å². The van der Waals surface area contributed by atoms with Gasteiger partial charge in [-0.1, -0.05) is 48.9 Å². The van der Waals surface area contributed by atoms with Crippen LogP contribution in [-0.2, 0) is 11.3 Å². The summed E-state index contributed by atoms with van der Waals surface area (Å²) in [5, 5.41) is 3.25. The van der Waals surface area contributed by atoms with Crippen LogP contribution in [0.1, 0.15) is 43.2 Å². The van der Waals surface area contributed by atoms with E-state index in [9.17, 15) is 4.79 Å². The molecule has 2 saturated heterocycles. The smallest absolute Gasteiger partial charge is 0.244 e. The maximum absolute atomic E-state index is 12.4. The summed E-state index contributed by atoms with van der Waals surface area (Å²) in [6.45, 7) is 0.980. The number of nitrogens with zero attached hydrogens (tertiary/aromatic N) is 1. The minimum atomic E-state index is 0.0144. The first-order valence-corrected chi connectivity index (χ1v) is 10.6. The van der Waals surface area contributed by atoms with Gasteiger partial charge >= 0.3 is 0 Å². The van der Waals surface area contributed by atoms with Crippen LogP contribution >= 0.6 is 0 Å². The number of rotatable bonds is 6. The van der Waals surface area contributed by atoms with Crippen LogP contribution in [0.15, 0.2) is 60.7 Å². The maximum Gasteiger partial charge on any atom is 0.244 e. The number of ether oxygens (including phenoxy) is 1. The van der Waals surface area contributed by atoms with Gasteiger partial charge in [-0.05, 0) is 55.0 Å². The van der Waals surface area contributed by atoms with Gasteiger partial charge in [-0.25, -0.2) is 0 Å². The van der Waals surface area contributed by atoms with Gasteiger partial charge in [0.1, 0.15) is 5.75 Å². The highest BCUT2D eigenvalue weighted by molar-refractivity contribution is 5.91. The summed E-state index contributed by atoms with van der Waals surface area (Å²) in [7, 11) is 1.70. The Morgan fingerprint density at radius 2 is 1.76 bits per heavy atom. The normalized spacial score (nSPS) is 24.4. The molecule has 0 aliphatic carbocycles. The molecule has 2 aliphatic rings. The molecule has 2 aromatic rings. The Morgan fingerprint density at radius 3 is 2.41 bits per heavy atom. The molecule has 1 unspecified atom stereocenters. The predicted octanol–water partition coefficient (Wildman–Crippen LogP) is 4.41. The van der Waals surface area contributed by atoms with E-state index in [1.54, 1.807) is 13.2 Å². The van der Waals surface area contributed by atoms with Gasteiger partial charge in [0, 0.05) is 30.7 Å². The topological polar surface area (TPSA) is 41.6 Å². The quantitative estimate of drug-likeness (QED) is 0.743. The largest absolute Gasteiger partial charge is 0.497 e. The Balaban J connectivity index is 1.35. The van der Waals surface area contributed by atoms with Crippen molar-refractivity contribution in [3.8, 4) is 5.75 Å². The lowest BCUT2D eigenvalue weighted by Crippen LogP contribution is -2.56. The monoisotopic (exact) mass is 390 g/mol. The maximum atomic E-state index is 12.4. The number of fused-ring (bicyclic) bond motifs is 2. The average molecular weight is 391 g/mol. The van der Waals surface area contributed by atoms with Crippen molar-refractivity contribution in [3.05, 3.63) is 71.8 Å². The fourth-order valence-corrected chi connectivity index (χ4v) is 4.78. The molecule has 2 bridgehead atoms. The van der Waals surface area contributed by atoms with Crippen molar-refractivity contribution in [2.45, 2.75) is 56.8 Å². The van der Waals surface area contributed by atoms with Gasteiger partial charge in [-0.3, -0.25) is 9.69 Å². The summed E-state index contributed by atoms with van der Waals surface area (Å²) in [6, 6.07) is 19.7. The Hall–Kier alpha value is -2.59. The van der Waals surface area contributed by atoms with E-state index in [0.29, 0.717) is 12.1 Å². The number of benzene rings is 2. The van der Waals surface area contributed by atoms with Crippen molar-refractivity contribution in [1.82, 2.24) is 10.2 Å². The van der Waals surface area contributed by atoms with Crippen LogP contribution in [0.3, 0.4) is 0 Å². The number of carbonyl (C=O) groups excluding carboxylic acids is 1. The molecule has 4 heteroatoms. The first-order valence-electron chi connectivity index (χ1n) is 10.6. The van der Waals surface area contributed by atoms with Crippen molar-refractivity contribution in [3.63, 3.8) is 0 Å². The molecule has 0 aromatic heterocycles. The van der Waals surface area contributed by atoms with E-state index in [1.165, 1.54) is 24.8 Å². The molecule has 2 aromatic carbocycles. The first-order chi connectivity index (χ1) is 14.2. The Labute approximate surface area is 173 Å². The number of amides is 1. The Morgan fingerprint density at radius 1 is 1.07 bits per heavy atom. The molecular formula is C25H30N2O2. The van der Waals surface area contributed by atoms with Crippen LogP contribution in [-0.4, -0.2) is 36.0 Å². The van der Waals surface area contributed by atoms with E-state index in [-0.39, 0.29) is 11.9 Å². The third-order valence-electron chi connectivity index (χ3n) is 6.22. The molecule has 2 fully saturated rings. The van der Waals surface area contributed by atoms with E-state index in [1.807, 2.05) is 48.5 Å². The van der Waals surface area contributed by atoms with Crippen molar-refractivity contribution in [1.29, 1.82) is 0 Å². The Kier molecular flexibility index (Phi) is 6.30. The molecule has 0 spiro atoms. The molecule has 29 heavy (non-hydrogen) atoms. The predicted molar refractivity (Wildman–Crippen MR) is 117 cm³/mol. The molecule has 152 valence electrons. The summed E-state index contributed by atoms with van der Waals surface area (Å²) in [5.74, 6) is 0.916. The number of carbonyl (C=O) groups is 1. The summed E-state index contributed by atoms with van der Waals surface area (Å²) in [4.78, 5) is 15.1. The summed E-state index contributed by atoms with van der Waals surface area (Å²) in [5.41, 5.74) is 2.38. The number of methoxy groups -OCH3 is 1. The molecule has 2 aliphatic heterocycles. The lowest BCUT2D eigenvalue weighted by Gasteiger charge is -2.49. The second-order valence-electron chi connectivity index (χ2n) is 8.18. The molecule has 1 amide bonds. The van der Waals surface area contributed by atoms with Gasteiger partial charge in [0.15, 0.2) is 0 Å². The van der Waals surface area contributed by atoms with Crippen molar-refractivity contribution < 1.29 is 9.53 Å². The highest BCUT2D eigenvalue weighted by Crippen LogP contribution is 2.35. The van der Waals surface area contributed by atoms with Gasteiger partial charge in [-0.15, -0.1) is 0 Å². The number of nitrogens with one attached hydrogen (secondary N) is 1. The highest BCUT2D eigenvalue weighted by atomic mass is 16.5. The Bertz CT molecular complexity index is 818. The molecule has 4 nitrogen and oxygen atoms in total. The van der Waals surface area contributed by atoms with Crippen LogP contribution in [0.25, 0.3) is 6.08 Å². The zero-order valence-electron chi connectivity index (χ0n) is 17.1. The van der Waals surface area contributed by atoms with Crippen molar-refractivity contribution >= 4 is 12.0 Å². The van der Waals surface area contributed by atoms with Crippen LogP contribution < -0.4 is 10.1 Å². The van der Waals surface area contributed by atoms with E-state index >= 15 is 0 Å². The van der Waals surface area contributed by atoms with Gasteiger partial charge in [-0.2, -0.15) is 0 Å². The van der Waals surface area contributed by atoms with Crippen LogP contribution in [0.2, 0.25) is 0 Å². The zero-order valence-corrected chi connectivity index (χ0v) is 17.1. The second kappa shape index (κ2) is 9.27. The highest BCUT2D eigenvalue weighted by Gasteiger charge is 2.38. The van der Waals surface area contributed by atoms with Crippen LogP contribution in [0.5, 0.6) is 5.75 Å². The average Bonchev–Trinajstić information content (AvgIpc) is 2.74. The SMILES string of the molecule is COc1ccc(CN2[C@@H]3CCC[C@H]2CC(NC(=O)/C=C/c2ccccc2)C3)cc1. The molecule has 4 rings (SSSR count). The third kappa shape index (κ3) is 5.07. The number of piperidine rings is 2. The minimum Gasteiger partial charge on any atom is -0.497 e. The van der Waals surface area contributed by atoms with Gasteiger partial charge in [0.05, 0.1) is 7.11 Å². The fourth-order valence-electron chi connectivity index (χ4n) is 4.78. The van der Waals surface area contributed by atoms with Gasteiger partial charge in [0.2, 0.25) is 5.91 Å². The lowest BCUT2D eigenvalue weighted by molar-refractivity contribution is -0.118.